The summed E-state index contributed by atoms with van der Waals surface area (Å²) in [5.41, 5.74) is 1.68. The summed E-state index contributed by atoms with van der Waals surface area (Å²) in [4.78, 5) is 26.6. The SMILES string of the molecule is CCCCOc1ccc(N2C(=O)C[C@@H]([NH2+]CCc3ccc(OC)c(OC)c3)C2=O)cc1. The lowest BCUT2D eigenvalue weighted by atomic mass is 10.1. The van der Waals surface area contributed by atoms with E-state index in [2.05, 4.69) is 6.92 Å². The number of ether oxygens (including phenoxy) is 3. The highest BCUT2D eigenvalue weighted by molar-refractivity contribution is 6.21. The normalized spacial score (nSPS) is 16.0. The van der Waals surface area contributed by atoms with Crippen molar-refractivity contribution in [2.75, 3.05) is 32.3 Å². The van der Waals surface area contributed by atoms with E-state index in [-0.39, 0.29) is 18.2 Å². The second-order valence-corrected chi connectivity index (χ2v) is 7.54. The first-order chi connectivity index (χ1) is 15.1. The van der Waals surface area contributed by atoms with Gasteiger partial charge in [0.05, 0.1) is 39.5 Å². The molecule has 166 valence electrons. The van der Waals surface area contributed by atoms with Crippen molar-refractivity contribution in [3.63, 3.8) is 0 Å². The average Bonchev–Trinajstić information content (AvgIpc) is 3.07. The minimum Gasteiger partial charge on any atom is -0.494 e. The van der Waals surface area contributed by atoms with Crippen molar-refractivity contribution < 1.29 is 29.1 Å². The van der Waals surface area contributed by atoms with Crippen LogP contribution in [0.15, 0.2) is 42.5 Å². The summed E-state index contributed by atoms with van der Waals surface area (Å²) in [6, 6.07) is 12.5. The van der Waals surface area contributed by atoms with Crippen molar-refractivity contribution in [1.82, 2.24) is 0 Å². The van der Waals surface area contributed by atoms with Gasteiger partial charge in [-0.3, -0.25) is 9.59 Å². The predicted octanol–water partition coefficient (Wildman–Crippen LogP) is 2.32. The molecule has 1 saturated heterocycles. The Hall–Kier alpha value is -3.06. The Balaban J connectivity index is 1.55. The van der Waals surface area contributed by atoms with Crippen molar-refractivity contribution >= 4 is 17.5 Å². The van der Waals surface area contributed by atoms with E-state index < -0.39 is 6.04 Å². The van der Waals surface area contributed by atoms with Gasteiger partial charge >= 0.3 is 0 Å². The molecule has 2 aromatic rings. The van der Waals surface area contributed by atoms with Crippen LogP contribution in [0.4, 0.5) is 5.69 Å². The maximum atomic E-state index is 12.8. The number of nitrogens with two attached hydrogens (primary N) is 1. The minimum atomic E-state index is -0.395. The largest absolute Gasteiger partial charge is 0.494 e. The summed E-state index contributed by atoms with van der Waals surface area (Å²) in [5.74, 6) is 1.77. The number of hydrogen-bond donors (Lipinski definition) is 1. The van der Waals surface area contributed by atoms with Crippen molar-refractivity contribution in [2.45, 2.75) is 38.6 Å². The molecule has 7 nitrogen and oxygen atoms in total. The number of hydrogen-bond acceptors (Lipinski definition) is 5. The molecule has 0 radical (unpaired) electrons. The zero-order valence-corrected chi connectivity index (χ0v) is 18.4. The first-order valence-electron chi connectivity index (χ1n) is 10.7. The smallest absolute Gasteiger partial charge is 0.292 e. The van der Waals surface area contributed by atoms with Gasteiger partial charge in [-0.2, -0.15) is 0 Å². The molecule has 0 spiro atoms. The highest BCUT2D eigenvalue weighted by atomic mass is 16.5. The zero-order valence-electron chi connectivity index (χ0n) is 18.4. The van der Waals surface area contributed by atoms with Gasteiger partial charge in [-0.1, -0.05) is 19.4 Å². The summed E-state index contributed by atoms with van der Waals surface area (Å²) in [6.45, 7) is 3.46. The number of quaternary nitrogens is 1. The number of amides is 2. The number of methoxy groups -OCH3 is 2. The highest BCUT2D eigenvalue weighted by Gasteiger charge is 2.42. The first-order valence-corrected chi connectivity index (χ1v) is 10.7. The zero-order chi connectivity index (χ0) is 22.2. The standard InChI is InChI=1S/C24H30N2O5/c1-4-5-14-31-19-9-7-18(8-10-19)26-23(27)16-20(24(26)28)25-13-12-17-6-11-21(29-2)22(15-17)30-3/h6-11,15,20,25H,4-5,12-14,16H2,1-3H3/p+1/t20-/m1/s1. The van der Waals surface area contributed by atoms with Gasteiger partial charge in [-0.15, -0.1) is 0 Å². The van der Waals surface area contributed by atoms with E-state index in [1.807, 2.05) is 23.5 Å². The fourth-order valence-electron chi connectivity index (χ4n) is 3.62. The van der Waals surface area contributed by atoms with Crippen LogP contribution in [0, 0.1) is 0 Å². The van der Waals surface area contributed by atoms with Crippen molar-refractivity contribution in [2.24, 2.45) is 0 Å². The van der Waals surface area contributed by atoms with Crippen LogP contribution in [-0.2, 0) is 16.0 Å². The Kier molecular flexibility index (Phi) is 7.89. The molecule has 1 aliphatic rings. The fourth-order valence-corrected chi connectivity index (χ4v) is 3.62. The predicted molar refractivity (Wildman–Crippen MR) is 118 cm³/mol. The Morgan fingerprint density at radius 1 is 1.03 bits per heavy atom. The third-order valence-electron chi connectivity index (χ3n) is 5.38. The molecule has 0 unspecified atom stereocenters. The number of anilines is 1. The lowest BCUT2D eigenvalue weighted by Gasteiger charge is -2.15. The van der Waals surface area contributed by atoms with Gasteiger partial charge in [0, 0.05) is 6.42 Å². The van der Waals surface area contributed by atoms with Crippen LogP contribution in [0.5, 0.6) is 17.2 Å². The molecule has 3 rings (SSSR count). The second kappa shape index (κ2) is 10.8. The summed E-state index contributed by atoms with van der Waals surface area (Å²) >= 11 is 0. The van der Waals surface area contributed by atoms with Crippen molar-refractivity contribution in [3.8, 4) is 17.2 Å². The van der Waals surface area contributed by atoms with E-state index in [4.69, 9.17) is 14.2 Å². The molecule has 2 amide bonds. The van der Waals surface area contributed by atoms with Gasteiger partial charge in [-0.05, 0) is 48.4 Å². The quantitative estimate of drug-likeness (QED) is 0.440. The van der Waals surface area contributed by atoms with Gasteiger partial charge < -0.3 is 19.5 Å². The number of unbranched alkanes of at least 4 members (excludes halogenated alkanes) is 1. The van der Waals surface area contributed by atoms with E-state index in [1.165, 1.54) is 4.90 Å². The monoisotopic (exact) mass is 427 g/mol. The van der Waals surface area contributed by atoms with Crippen LogP contribution in [-0.4, -0.2) is 45.2 Å². The Morgan fingerprint density at radius 3 is 2.45 bits per heavy atom. The van der Waals surface area contributed by atoms with Gasteiger partial charge in [0.25, 0.3) is 5.91 Å². The second-order valence-electron chi connectivity index (χ2n) is 7.54. The number of carbonyl (C=O) groups excluding carboxylic acids is 2. The molecule has 1 atom stereocenters. The minimum absolute atomic E-state index is 0.169. The van der Waals surface area contributed by atoms with Crippen LogP contribution >= 0.6 is 0 Å². The van der Waals surface area contributed by atoms with Crippen LogP contribution in [0.2, 0.25) is 0 Å². The summed E-state index contributed by atoms with van der Waals surface area (Å²) in [5, 5.41) is 1.94. The molecule has 0 bridgehead atoms. The van der Waals surface area contributed by atoms with E-state index >= 15 is 0 Å². The average molecular weight is 428 g/mol. The van der Waals surface area contributed by atoms with Gasteiger partial charge in [0.2, 0.25) is 5.91 Å². The molecule has 1 aliphatic heterocycles. The molecule has 2 N–H and O–H groups in total. The molecular formula is C24H31N2O5+. The molecular weight excluding hydrogens is 396 g/mol. The van der Waals surface area contributed by atoms with Crippen LogP contribution < -0.4 is 24.4 Å². The van der Waals surface area contributed by atoms with Crippen LogP contribution in [0.25, 0.3) is 0 Å². The third kappa shape index (κ3) is 5.55. The molecule has 0 aliphatic carbocycles. The molecule has 0 saturated carbocycles. The van der Waals surface area contributed by atoms with Crippen molar-refractivity contribution in [1.29, 1.82) is 0 Å². The van der Waals surface area contributed by atoms with Gasteiger partial charge in [0.1, 0.15) is 5.75 Å². The Labute approximate surface area is 183 Å². The van der Waals surface area contributed by atoms with Crippen LogP contribution in [0.1, 0.15) is 31.7 Å². The molecule has 7 heteroatoms. The lowest BCUT2D eigenvalue weighted by Crippen LogP contribution is -2.92. The maximum absolute atomic E-state index is 12.8. The van der Waals surface area contributed by atoms with E-state index in [0.717, 1.165) is 30.6 Å². The number of carbonyl (C=O) groups is 2. The summed E-state index contributed by atoms with van der Waals surface area (Å²) in [6.07, 6.45) is 3.02. The topological polar surface area (TPSA) is 81.7 Å². The Bertz CT molecular complexity index is 897. The van der Waals surface area contributed by atoms with E-state index in [0.29, 0.717) is 30.3 Å². The molecule has 2 aromatic carbocycles. The molecule has 0 aromatic heterocycles. The molecule has 1 fully saturated rings. The van der Waals surface area contributed by atoms with E-state index in [9.17, 15) is 9.59 Å². The number of benzene rings is 2. The Morgan fingerprint density at radius 2 is 1.77 bits per heavy atom. The van der Waals surface area contributed by atoms with Gasteiger partial charge in [0.15, 0.2) is 17.5 Å². The molecule has 1 heterocycles. The first kappa shape index (κ1) is 22.6. The lowest BCUT2D eigenvalue weighted by molar-refractivity contribution is -0.674. The van der Waals surface area contributed by atoms with Crippen molar-refractivity contribution in [3.05, 3.63) is 48.0 Å². The van der Waals surface area contributed by atoms with Crippen LogP contribution in [0.3, 0.4) is 0 Å². The number of rotatable bonds is 11. The summed E-state index contributed by atoms with van der Waals surface area (Å²) in [7, 11) is 3.21. The third-order valence-corrected chi connectivity index (χ3v) is 5.38. The summed E-state index contributed by atoms with van der Waals surface area (Å²) < 4.78 is 16.3. The van der Waals surface area contributed by atoms with Gasteiger partial charge in [-0.25, -0.2) is 4.90 Å². The highest BCUT2D eigenvalue weighted by Crippen LogP contribution is 2.27. The maximum Gasteiger partial charge on any atom is 0.292 e. The number of imide groups is 1. The molecule has 31 heavy (non-hydrogen) atoms. The fraction of sp³-hybridized carbons (Fsp3) is 0.417. The number of nitrogens with zero attached hydrogens (tertiary/aromatic N) is 1. The van der Waals surface area contributed by atoms with E-state index in [1.54, 1.807) is 38.5 Å².